The van der Waals surface area contributed by atoms with Gasteiger partial charge < -0.3 is 4.74 Å². The number of nitrogens with zero attached hydrogens (tertiary/aromatic N) is 2. The Labute approximate surface area is 127 Å². The number of halogens is 2. The summed E-state index contributed by atoms with van der Waals surface area (Å²) in [7, 11) is 0. The molecule has 104 valence electrons. The summed E-state index contributed by atoms with van der Waals surface area (Å²) in [6, 6.07) is 5.41. The van der Waals surface area contributed by atoms with Crippen LogP contribution in [0.2, 0.25) is 10.2 Å². The minimum Gasteiger partial charge on any atom is -0.439 e. The third-order valence-electron chi connectivity index (χ3n) is 3.26. The predicted octanol–water partition coefficient (Wildman–Crippen LogP) is 5.07. The molecule has 3 rings (SSSR count). The molecular weight excluding hydrogens is 295 g/mol. The normalized spacial score (nSPS) is 14.4. The van der Waals surface area contributed by atoms with Crippen LogP contribution in [0.1, 0.15) is 35.7 Å². The van der Waals surface area contributed by atoms with Crippen LogP contribution >= 0.6 is 23.2 Å². The van der Waals surface area contributed by atoms with Crippen molar-refractivity contribution in [3.63, 3.8) is 0 Å². The van der Waals surface area contributed by atoms with Crippen LogP contribution < -0.4 is 4.74 Å². The molecule has 2 aromatic rings. The predicted molar refractivity (Wildman–Crippen MR) is 80.0 cm³/mol. The highest BCUT2D eigenvalue weighted by molar-refractivity contribution is 6.32. The average molecular weight is 309 g/mol. The summed E-state index contributed by atoms with van der Waals surface area (Å²) in [5.41, 5.74) is 1.95. The van der Waals surface area contributed by atoms with Crippen molar-refractivity contribution in [2.75, 3.05) is 0 Å². The molecule has 1 saturated carbocycles. The van der Waals surface area contributed by atoms with Gasteiger partial charge in [0.1, 0.15) is 16.7 Å². The van der Waals surface area contributed by atoms with E-state index < -0.39 is 0 Å². The van der Waals surface area contributed by atoms with Crippen molar-refractivity contribution < 1.29 is 4.74 Å². The quantitative estimate of drug-likeness (QED) is 0.742. The van der Waals surface area contributed by atoms with E-state index in [1.54, 1.807) is 6.07 Å². The van der Waals surface area contributed by atoms with Crippen molar-refractivity contribution >= 4 is 23.2 Å². The zero-order chi connectivity index (χ0) is 14.3. The summed E-state index contributed by atoms with van der Waals surface area (Å²) < 4.78 is 5.80. The molecule has 0 radical (unpaired) electrons. The third kappa shape index (κ3) is 2.89. The van der Waals surface area contributed by atoms with Crippen LogP contribution in [0.25, 0.3) is 0 Å². The Morgan fingerprint density at radius 3 is 2.30 bits per heavy atom. The van der Waals surface area contributed by atoms with Gasteiger partial charge in [0.2, 0.25) is 5.88 Å². The number of ether oxygens (including phenoxy) is 1. The number of hydrogen-bond acceptors (Lipinski definition) is 3. The molecule has 5 heteroatoms. The summed E-state index contributed by atoms with van der Waals surface area (Å²) in [5.74, 6) is 2.40. The van der Waals surface area contributed by atoms with Crippen molar-refractivity contribution in [2.45, 2.75) is 32.6 Å². The van der Waals surface area contributed by atoms with E-state index in [1.807, 2.05) is 26.0 Å². The number of hydrogen-bond donors (Lipinski definition) is 0. The number of aromatic nitrogens is 2. The average Bonchev–Trinajstić information content (AvgIpc) is 3.19. The van der Waals surface area contributed by atoms with Crippen molar-refractivity contribution in [1.82, 2.24) is 9.97 Å². The number of benzene rings is 1. The van der Waals surface area contributed by atoms with Gasteiger partial charge in [-0.25, -0.2) is 4.98 Å². The van der Waals surface area contributed by atoms with E-state index in [-0.39, 0.29) is 0 Å². The van der Waals surface area contributed by atoms with Crippen LogP contribution in [0.15, 0.2) is 18.2 Å². The highest BCUT2D eigenvalue weighted by atomic mass is 35.5. The van der Waals surface area contributed by atoms with Crippen LogP contribution in [0.3, 0.4) is 0 Å². The van der Waals surface area contributed by atoms with Gasteiger partial charge in [-0.2, -0.15) is 4.98 Å². The Morgan fingerprint density at radius 2 is 1.70 bits per heavy atom. The Balaban J connectivity index is 1.91. The minimum absolute atomic E-state index is 0.416. The molecule has 0 atom stereocenters. The van der Waals surface area contributed by atoms with Gasteiger partial charge in [-0.3, -0.25) is 0 Å². The summed E-state index contributed by atoms with van der Waals surface area (Å²) in [5, 5.41) is 1.18. The van der Waals surface area contributed by atoms with Crippen LogP contribution in [0.5, 0.6) is 11.6 Å². The topological polar surface area (TPSA) is 35.0 Å². The lowest BCUT2D eigenvalue weighted by Gasteiger charge is -2.10. The van der Waals surface area contributed by atoms with E-state index in [9.17, 15) is 0 Å². The van der Waals surface area contributed by atoms with E-state index in [0.717, 1.165) is 34.8 Å². The molecular formula is C15H14Cl2N2O. The lowest BCUT2D eigenvalue weighted by molar-refractivity contribution is 0.458. The van der Waals surface area contributed by atoms with Gasteiger partial charge >= 0.3 is 0 Å². The van der Waals surface area contributed by atoms with Gasteiger partial charge in [0.05, 0.1) is 0 Å². The first-order valence-electron chi connectivity index (χ1n) is 6.52. The highest BCUT2D eigenvalue weighted by Crippen LogP contribution is 2.39. The molecule has 1 aromatic heterocycles. The molecule has 1 aliphatic carbocycles. The molecule has 1 aliphatic rings. The number of aryl methyl sites for hydroxylation is 2. The van der Waals surface area contributed by atoms with E-state index in [4.69, 9.17) is 27.9 Å². The van der Waals surface area contributed by atoms with Crippen molar-refractivity contribution in [2.24, 2.45) is 0 Å². The van der Waals surface area contributed by atoms with Crippen molar-refractivity contribution in [3.05, 3.63) is 45.3 Å². The van der Waals surface area contributed by atoms with Gasteiger partial charge in [0.25, 0.3) is 0 Å². The Morgan fingerprint density at radius 1 is 1.05 bits per heavy atom. The second kappa shape index (κ2) is 5.23. The molecule has 3 nitrogen and oxygen atoms in total. The van der Waals surface area contributed by atoms with Gasteiger partial charge in [0, 0.05) is 17.0 Å². The van der Waals surface area contributed by atoms with Gasteiger partial charge in [-0.15, -0.1) is 0 Å². The van der Waals surface area contributed by atoms with Gasteiger partial charge in [-0.05, 0) is 49.9 Å². The SMILES string of the molecule is Cc1cc(Oc2cc(Cl)nc(C3CC3)n2)cc(C)c1Cl. The minimum atomic E-state index is 0.416. The fourth-order valence-electron chi connectivity index (χ4n) is 2.08. The summed E-state index contributed by atoms with van der Waals surface area (Å²) >= 11 is 12.2. The molecule has 0 spiro atoms. The Hall–Kier alpha value is -1.32. The molecule has 20 heavy (non-hydrogen) atoms. The molecule has 0 aliphatic heterocycles. The fourth-order valence-corrected chi connectivity index (χ4v) is 2.37. The van der Waals surface area contributed by atoms with Gasteiger partial charge in [0.15, 0.2) is 0 Å². The lowest BCUT2D eigenvalue weighted by Crippen LogP contribution is -1.97. The first-order valence-corrected chi connectivity index (χ1v) is 7.27. The van der Waals surface area contributed by atoms with E-state index in [0.29, 0.717) is 22.7 Å². The lowest BCUT2D eigenvalue weighted by atomic mass is 10.1. The molecule has 1 fully saturated rings. The van der Waals surface area contributed by atoms with Crippen molar-refractivity contribution in [1.29, 1.82) is 0 Å². The maximum atomic E-state index is 6.15. The van der Waals surface area contributed by atoms with Crippen LogP contribution in [-0.4, -0.2) is 9.97 Å². The van der Waals surface area contributed by atoms with Crippen LogP contribution in [0.4, 0.5) is 0 Å². The zero-order valence-electron chi connectivity index (χ0n) is 11.3. The van der Waals surface area contributed by atoms with E-state index in [2.05, 4.69) is 9.97 Å². The Kier molecular flexibility index (Phi) is 3.57. The molecule has 1 aromatic carbocycles. The molecule has 0 unspecified atom stereocenters. The van der Waals surface area contributed by atoms with Crippen molar-refractivity contribution in [3.8, 4) is 11.6 Å². The molecule has 0 amide bonds. The van der Waals surface area contributed by atoms with Gasteiger partial charge in [-0.1, -0.05) is 23.2 Å². The molecule has 0 bridgehead atoms. The van der Waals surface area contributed by atoms with Crippen LogP contribution in [-0.2, 0) is 0 Å². The van der Waals surface area contributed by atoms with E-state index >= 15 is 0 Å². The maximum Gasteiger partial charge on any atom is 0.224 e. The third-order valence-corrected chi connectivity index (χ3v) is 4.05. The second-order valence-corrected chi connectivity index (χ2v) is 5.90. The molecule has 0 N–H and O–H groups in total. The summed E-state index contributed by atoms with van der Waals surface area (Å²) in [4.78, 5) is 8.66. The zero-order valence-corrected chi connectivity index (χ0v) is 12.8. The first-order chi connectivity index (χ1) is 9.52. The maximum absolute atomic E-state index is 6.15. The summed E-state index contributed by atoms with van der Waals surface area (Å²) in [6.45, 7) is 3.90. The standard InChI is InChI=1S/C15H14Cl2N2O/c1-8-5-11(6-9(2)14(8)17)20-13-7-12(16)18-15(19-13)10-3-4-10/h5-7,10H,3-4H2,1-2H3. The Bertz CT molecular complexity index is 646. The smallest absolute Gasteiger partial charge is 0.224 e. The van der Waals surface area contributed by atoms with E-state index in [1.165, 1.54) is 0 Å². The highest BCUT2D eigenvalue weighted by Gasteiger charge is 2.27. The second-order valence-electron chi connectivity index (χ2n) is 5.13. The van der Waals surface area contributed by atoms with Crippen LogP contribution in [0, 0.1) is 13.8 Å². The number of rotatable bonds is 3. The first kappa shape index (κ1) is 13.7. The monoisotopic (exact) mass is 308 g/mol. The fraction of sp³-hybridized carbons (Fsp3) is 0.333. The largest absolute Gasteiger partial charge is 0.439 e. The molecule has 1 heterocycles. The molecule has 0 saturated heterocycles. The summed E-state index contributed by atoms with van der Waals surface area (Å²) in [6.07, 6.45) is 2.25.